The van der Waals surface area contributed by atoms with E-state index in [1.165, 1.54) is 9.75 Å². The molecule has 2 rings (SSSR count). The van der Waals surface area contributed by atoms with Gasteiger partial charge in [-0.05, 0) is 31.2 Å². The molecule has 0 saturated carbocycles. The van der Waals surface area contributed by atoms with Crippen molar-refractivity contribution in [3.63, 3.8) is 0 Å². The topological polar surface area (TPSA) is 21.3 Å². The number of thiophene rings is 1. The maximum atomic E-state index is 5.24. The Labute approximate surface area is 120 Å². The summed E-state index contributed by atoms with van der Waals surface area (Å²) >= 11 is 5.39. The molecule has 1 N–H and O–H groups in total. The molecule has 1 heterocycles. The Bertz CT molecular complexity index is 524. The molecule has 0 bridgehead atoms. The summed E-state index contributed by atoms with van der Waals surface area (Å²) in [5, 5.41) is 3.47. The number of aryl methyl sites for hydroxylation is 1. The normalized spacial score (nSPS) is 10.6. The van der Waals surface area contributed by atoms with Gasteiger partial charge in [0.15, 0.2) is 0 Å². The Kier molecular flexibility index (Phi) is 4.80. The first-order valence-electron chi connectivity index (χ1n) is 5.76. The summed E-state index contributed by atoms with van der Waals surface area (Å²) in [6.07, 6.45) is 0. The van der Waals surface area contributed by atoms with E-state index in [-0.39, 0.29) is 0 Å². The molecule has 0 unspecified atom stereocenters. The molecule has 0 fully saturated rings. The number of benzene rings is 1. The van der Waals surface area contributed by atoms with E-state index in [0.29, 0.717) is 6.61 Å². The molecule has 0 spiro atoms. The maximum Gasteiger partial charge on any atom is 0.0744 e. The predicted octanol–water partition coefficient (Wildman–Crippen LogP) is 4.58. The second-order valence-corrected chi connectivity index (χ2v) is 6.29. The quantitative estimate of drug-likeness (QED) is 0.868. The van der Waals surface area contributed by atoms with Crippen LogP contribution in [0.3, 0.4) is 0 Å². The number of hydrogen-bond acceptors (Lipinski definition) is 3. The van der Waals surface area contributed by atoms with Crippen LogP contribution in [-0.4, -0.2) is 7.11 Å². The molecular weight excluding hydrogens is 310 g/mol. The molecule has 1 aromatic carbocycles. The average molecular weight is 326 g/mol. The molecule has 96 valence electrons. The Morgan fingerprint density at radius 3 is 2.78 bits per heavy atom. The van der Waals surface area contributed by atoms with E-state index < -0.39 is 0 Å². The molecule has 0 amide bonds. The summed E-state index contributed by atoms with van der Waals surface area (Å²) in [5.41, 5.74) is 2.28. The molecule has 0 aliphatic carbocycles. The lowest BCUT2D eigenvalue weighted by molar-refractivity contribution is 0.185. The Morgan fingerprint density at radius 2 is 2.11 bits per heavy atom. The van der Waals surface area contributed by atoms with Crippen LogP contribution >= 0.6 is 27.3 Å². The van der Waals surface area contributed by atoms with Crippen LogP contribution < -0.4 is 5.32 Å². The molecule has 2 nitrogen and oxygen atoms in total. The number of ether oxygens (including phenoxy) is 1. The third kappa shape index (κ3) is 3.34. The van der Waals surface area contributed by atoms with E-state index >= 15 is 0 Å². The van der Waals surface area contributed by atoms with E-state index in [0.717, 1.165) is 22.3 Å². The van der Waals surface area contributed by atoms with Crippen molar-refractivity contribution in [3.8, 4) is 0 Å². The van der Waals surface area contributed by atoms with Crippen LogP contribution in [0.4, 0.5) is 5.69 Å². The number of anilines is 1. The van der Waals surface area contributed by atoms with Gasteiger partial charge in [-0.1, -0.05) is 22.0 Å². The van der Waals surface area contributed by atoms with Crippen LogP contribution in [0.15, 0.2) is 34.8 Å². The number of methoxy groups -OCH3 is 1. The number of hydrogen-bond donors (Lipinski definition) is 1. The third-order valence-electron chi connectivity index (χ3n) is 2.66. The molecule has 0 radical (unpaired) electrons. The number of nitrogens with one attached hydrogen (secondary N) is 1. The second kappa shape index (κ2) is 6.36. The van der Waals surface area contributed by atoms with Gasteiger partial charge in [-0.3, -0.25) is 0 Å². The fraction of sp³-hybridized carbons (Fsp3) is 0.286. The Morgan fingerprint density at radius 1 is 1.28 bits per heavy atom. The van der Waals surface area contributed by atoms with Crippen LogP contribution in [-0.2, 0) is 17.9 Å². The molecular formula is C14H16BrNOS. The largest absolute Gasteiger partial charge is 0.380 e. The van der Waals surface area contributed by atoms with Crippen molar-refractivity contribution in [1.29, 1.82) is 0 Å². The highest BCUT2D eigenvalue weighted by Gasteiger charge is 2.06. The van der Waals surface area contributed by atoms with Crippen LogP contribution in [0.5, 0.6) is 0 Å². The smallest absolute Gasteiger partial charge is 0.0744 e. The van der Waals surface area contributed by atoms with Gasteiger partial charge in [-0.15, -0.1) is 11.3 Å². The highest BCUT2D eigenvalue weighted by molar-refractivity contribution is 9.10. The average Bonchev–Trinajstić information content (AvgIpc) is 2.76. The van der Waals surface area contributed by atoms with Gasteiger partial charge in [0.05, 0.1) is 6.61 Å². The molecule has 2 aromatic rings. The van der Waals surface area contributed by atoms with Crippen molar-refractivity contribution in [2.75, 3.05) is 12.4 Å². The lowest BCUT2D eigenvalue weighted by Gasteiger charge is -2.12. The minimum absolute atomic E-state index is 0.604. The standard InChI is InChI=1S/C14H16BrNOS/c1-10-6-7-11(18-10)8-16-14-5-3-4-13(15)12(14)9-17-2/h3-7,16H,8-9H2,1-2H3. The molecule has 18 heavy (non-hydrogen) atoms. The van der Waals surface area contributed by atoms with Gasteiger partial charge in [0.1, 0.15) is 0 Å². The van der Waals surface area contributed by atoms with E-state index in [9.17, 15) is 0 Å². The van der Waals surface area contributed by atoms with Crippen LogP contribution in [0.2, 0.25) is 0 Å². The molecule has 0 atom stereocenters. The zero-order valence-electron chi connectivity index (χ0n) is 10.5. The maximum absolute atomic E-state index is 5.24. The molecule has 0 saturated heterocycles. The van der Waals surface area contributed by atoms with Crippen molar-refractivity contribution >= 4 is 33.0 Å². The first-order chi connectivity index (χ1) is 8.70. The van der Waals surface area contributed by atoms with Gasteiger partial charge < -0.3 is 10.1 Å². The zero-order chi connectivity index (χ0) is 13.0. The minimum Gasteiger partial charge on any atom is -0.380 e. The second-order valence-electron chi connectivity index (χ2n) is 4.06. The predicted molar refractivity (Wildman–Crippen MR) is 81.2 cm³/mol. The lowest BCUT2D eigenvalue weighted by atomic mass is 10.2. The van der Waals surface area contributed by atoms with E-state index in [4.69, 9.17) is 4.74 Å². The van der Waals surface area contributed by atoms with Crippen molar-refractivity contribution in [2.45, 2.75) is 20.1 Å². The third-order valence-corrected chi connectivity index (χ3v) is 4.40. The van der Waals surface area contributed by atoms with Crippen molar-refractivity contribution in [1.82, 2.24) is 0 Å². The Hall–Kier alpha value is -0.840. The van der Waals surface area contributed by atoms with E-state index in [1.54, 1.807) is 7.11 Å². The summed E-state index contributed by atoms with van der Waals surface area (Å²) in [4.78, 5) is 2.69. The SMILES string of the molecule is COCc1c(Br)cccc1NCc1ccc(C)s1. The Balaban J connectivity index is 2.11. The fourth-order valence-corrected chi connectivity index (χ4v) is 3.09. The van der Waals surface area contributed by atoms with E-state index in [2.05, 4.69) is 46.4 Å². The van der Waals surface area contributed by atoms with E-state index in [1.807, 2.05) is 23.5 Å². The first-order valence-corrected chi connectivity index (χ1v) is 7.37. The van der Waals surface area contributed by atoms with Crippen molar-refractivity contribution in [3.05, 3.63) is 50.1 Å². The molecule has 0 aliphatic rings. The van der Waals surface area contributed by atoms with Gasteiger partial charge in [0, 0.05) is 39.1 Å². The van der Waals surface area contributed by atoms with Crippen molar-refractivity contribution < 1.29 is 4.74 Å². The van der Waals surface area contributed by atoms with Gasteiger partial charge in [0.25, 0.3) is 0 Å². The molecule has 0 aliphatic heterocycles. The number of halogens is 1. The summed E-state index contributed by atoms with van der Waals surface area (Å²) in [6.45, 7) is 3.59. The number of rotatable bonds is 5. The monoisotopic (exact) mass is 325 g/mol. The lowest BCUT2D eigenvalue weighted by Crippen LogP contribution is -2.02. The molecule has 4 heteroatoms. The minimum atomic E-state index is 0.604. The van der Waals surface area contributed by atoms with Crippen LogP contribution in [0.1, 0.15) is 15.3 Å². The fourth-order valence-electron chi connectivity index (χ4n) is 1.78. The van der Waals surface area contributed by atoms with Crippen LogP contribution in [0.25, 0.3) is 0 Å². The van der Waals surface area contributed by atoms with Gasteiger partial charge in [-0.2, -0.15) is 0 Å². The highest BCUT2D eigenvalue weighted by Crippen LogP contribution is 2.26. The highest BCUT2D eigenvalue weighted by atomic mass is 79.9. The van der Waals surface area contributed by atoms with Gasteiger partial charge >= 0.3 is 0 Å². The van der Waals surface area contributed by atoms with Gasteiger partial charge in [-0.25, -0.2) is 0 Å². The van der Waals surface area contributed by atoms with Gasteiger partial charge in [0.2, 0.25) is 0 Å². The van der Waals surface area contributed by atoms with Crippen LogP contribution in [0, 0.1) is 6.92 Å². The summed E-state index contributed by atoms with van der Waals surface area (Å²) in [7, 11) is 1.71. The zero-order valence-corrected chi connectivity index (χ0v) is 12.9. The molecule has 1 aromatic heterocycles. The van der Waals surface area contributed by atoms with Crippen molar-refractivity contribution in [2.24, 2.45) is 0 Å². The first kappa shape index (κ1) is 13.6. The summed E-state index contributed by atoms with van der Waals surface area (Å²) in [6, 6.07) is 10.5. The summed E-state index contributed by atoms with van der Waals surface area (Å²) in [5.74, 6) is 0. The summed E-state index contributed by atoms with van der Waals surface area (Å²) < 4.78 is 6.32.